The number of rotatable bonds is 5. The van der Waals surface area contributed by atoms with Crippen LogP contribution < -0.4 is 9.64 Å². The van der Waals surface area contributed by atoms with Gasteiger partial charge in [0.05, 0.1) is 27.4 Å². The summed E-state index contributed by atoms with van der Waals surface area (Å²) in [7, 11) is 6.52. The number of para-hydroxylation sites is 1. The molecule has 2 fully saturated rings. The number of aromatic nitrogens is 1. The standard InChI is InChI=1S/C21H26N2O4.C21H26N2O2.C2H4O2.C2H6/c1-12(24)27-18-14-5-4-9-23-10-8-21(19(14)23)15-7-6-13(26-3)11-16(15)22(2)20(21)17(18)25;1-4-14-9-15-10-21(2,20(24)25-3)19-17(13-23(11-14)12-15)16-7-5-6-8-18(16)22-19;1-4-2-3;1-2/h4-7,11,14,17-20,25H,8-10H2,1-3H3;5-9,15,22H,4,10-13H2,1-3H3;2H,1H3;1-2H3/t14?,17?,18?,19-,20?,21?;15-,21+;;/m00../s1. The molecule has 6 unspecified atom stereocenters. The van der Waals surface area contributed by atoms with Crippen LogP contribution in [-0.4, -0.2) is 117 Å². The first-order chi connectivity index (χ1) is 27.9. The molecular weight excluding hydrogens is 737 g/mol. The van der Waals surface area contributed by atoms with Gasteiger partial charge in [0.25, 0.3) is 6.47 Å². The molecule has 2 aromatic carbocycles. The summed E-state index contributed by atoms with van der Waals surface area (Å²) < 4.78 is 20.2. The minimum absolute atomic E-state index is 0.00199. The van der Waals surface area contributed by atoms with Crippen molar-refractivity contribution in [1.29, 1.82) is 0 Å². The molecular formula is C46H62N4O8. The number of aromatic amines is 1. The minimum atomic E-state index is -0.749. The quantitative estimate of drug-likeness (QED) is 0.138. The van der Waals surface area contributed by atoms with Crippen molar-refractivity contribution < 1.29 is 38.4 Å². The number of fused-ring (bicyclic) bond motifs is 6. The molecule has 314 valence electrons. The Hall–Kier alpha value is -4.65. The Kier molecular flexibility index (Phi) is 13.1. The zero-order valence-electron chi connectivity index (χ0n) is 35.6. The number of carbonyl (C=O) groups is 3. The van der Waals surface area contributed by atoms with Gasteiger partial charge in [-0.25, -0.2) is 0 Å². The summed E-state index contributed by atoms with van der Waals surface area (Å²) in [5.74, 6) is 0.711. The number of ether oxygens (including phenoxy) is 4. The first-order valence-electron chi connectivity index (χ1n) is 20.7. The molecule has 1 spiro atoms. The highest BCUT2D eigenvalue weighted by atomic mass is 16.6. The lowest BCUT2D eigenvalue weighted by molar-refractivity contribution is -0.166. The molecule has 1 aliphatic carbocycles. The van der Waals surface area contributed by atoms with E-state index in [1.54, 1.807) is 7.11 Å². The average molecular weight is 799 g/mol. The molecule has 5 aliphatic heterocycles. The van der Waals surface area contributed by atoms with Gasteiger partial charge in [-0.05, 0) is 61.9 Å². The third-order valence-electron chi connectivity index (χ3n) is 13.2. The fraction of sp³-hybridized carbons (Fsp3) is 0.543. The molecule has 0 amide bonds. The average Bonchev–Trinajstić information content (AvgIpc) is 3.89. The molecule has 1 aromatic heterocycles. The number of nitrogens with zero attached hydrogens (tertiary/aromatic N) is 3. The van der Waals surface area contributed by atoms with Crippen LogP contribution in [0.4, 0.5) is 5.69 Å². The molecule has 9 rings (SSSR count). The number of hydrogen-bond acceptors (Lipinski definition) is 11. The third-order valence-corrected chi connectivity index (χ3v) is 13.2. The summed E-state index contributed by atoms with van der Waals surface area (Å²) in [6, 6.07) is 14.7. The van der Waals surface area contributed by atoms with Gasteiger partial charge in [-0.1, -0.05) is 68.8 Å². The van der Waals surface area contributed by atoms with E-state index in [0.29, 0.717) is 12.4 Å². The van der Waals surface area contributed by atoms with Crippen LogP contribution in [-0.2, 0) is 46.0 Å². The number of H-pyrrole nitrogens is 1. The first kappa shape index (κ1) is 42.9. The molecule has 2 N–H and O–H groups in total. The highest BCUT2D eigenvalue weighted by molar-refractivity contribution is 5.90. The summed E-state index contributed by atoms with van der Waals surface area (Å²) in [4.78, 5) is 44.3. The Morgan fingerprint density at radius 2 is 1.81 bits per heavy atom. The van der Waals surface area contributed by atoms with Gasteiger partial charge in [0.2, 0.25) is 0 Å². The van der Waals surface area contributed by atoms with E-state index < -0.39 is 17.6 Å². The minimum Gasteiger partial charge on any atom is -0.497 e. The van der Waals surface area contributed by atoms with Crippen molar-refractivity contribution in [2.45, 2.75) is 95.5 Å². The van der Waals surface area contributed by atoms with Crippen molar-refractivity contribution in [3.63, 3.8) is 0 Å². The number of benzene rings is 2. The second-order valence-electron chi connectivity index (χ2n) is 16.2. The van der Waals surface area contributed by atoms with Crippen LogP contribution >= 0.6 is 0 Å². The molecule has 1 saturated heterocycles. The lowest BCUT2D eigenvalue weighted by Gasteiger charge is -2.54. The number of methoxy groups -OCH3 is 3. The number of hydrogen-bond donors (Lipinski definition) is 2. The zero-order chi connectivity index (χ0) is 41.9. The largest absolute Gasteiger partial charge is 0.497 e. The van der Waals surface area contributed by atoms with Gasteiger partial charge in [0.1, 0.15) is 23.4 Å². The topological polar surface area (TPSA) is 134 Å². The number of esters is 2. The van der Waals surface area contributed by atoms with Crippen molar-refractivity contribution in [1.82, 2.24) is 14.8 Å². The Bertz CT molecular complexity index is 2030. The van der Waals surface area contributed by atoms with Crippen molar-refractivity contribution in [3.05, 3.63) is 83.1 Å². The van der Waals surface area contributed by atoms with Gasteiger partial charge in [-0.3, -0.25) is 24.2 Å². The van der Waals surface area contributed by atoms with Gasteiger partial charge >= 0.3 is 11.9 Å². The van der Waals surface area contributed by atoms with Crippen molar-refractivity contribution in [2.75, 3.05) is 59.5 Å². The van der Waals surface area contributed by atoms with Crippen LogP contribution in [0.5, 0.6) is 5.75 Å². The smallest absolute Gasteiger partial charge is 0.317 e. The van der Waals surface area contributed by atoms with E-state index in [0.717, 1.165) is 74.6 Å². The number of likely N-dealkylation sites (N-methyl/N-ethyl adjacent to an activating group) is 1. The Morgan fingerprint density at radius 1 is 1.07 bits per heavy atom. The Morgan fingerprint density at radius 3 is 2.48 bits per heavy atom. The number of aliphatic hydroxyl groups is 1. The maximum absolute atomic E-state index is 12.8. The lowest BCUT2D eigenvalue weighted by atomic mass is 9.58. The molecule has 12 nitrogen and oxygen atoms in total. The normalized spacial score (nSPS) is 31.0. The van der Waals surface area contributed by atoms with Crippen molar-refractivity contribution >= 4 is 35.0 Å². The number of carbonyl (C=O) groups excluding carboxylic acids is 3. The summed E-state index contributed by atoms with van der Waals surface area (Å²) in [6.45, 7) is 14.9. The first-order valence-corrected chi connectivity index (χ1v) is 20.7. The van der Waals surface area contributed by atoms with E-state index in [1.807, 2.05) is 40.0 Å². The summed E-state index contributed by atoms with van der Waals surface area (Å²) in [5.41, 5.74) is 6.44. The Labute approximate surface area is 343 Å². The van der Waals surface area contributed by atoms with E-state index in [-0.39, 0.29) is 35.4 Å². The number of nitrogens with one attached hydrogen (secondary N) is 1. The maximum atomic E-state index is 12.8. The van der Waals surface area contributed by atoms with Gasteiger partial charge in [-0.2, -0.15) is 0 Å². The van der Waals surface area contributed by atoms with Gasteiger partial charge < -0.3 is 33.9 Å². The highest BCUT2D eigenvalue weighted by Gasteiger charge is 2.68. The number of aliphatic hydroxyl groups excluding tert-OH is 1. The second kappa shape index (κ2) is 17.7. The van der Waals surface area contributed by atoms with Gasteiger partial charge in [0, 0.05) is 85.9 Å². The maximum Gasteiger partial charge on any atom is 0.317 e. The zero-order valence-corrected chi connectivity index (χ0v) is 35.6. The molecule has 1 saturated carbocycles. The molecule has 9 atom stereocenters. The van der Waals surface area contributed by atoms with E-state index in [2.05, 4.69) is 79.9 Å². The molecule has 58 heavy (non-hydrogen) atoms. The Balaban J connectivity index is 0.000000173. The summed E-state index contributed by atoms with van der Waals surface area (Å²) in [6.07, 6.45) is 8.27. The van der Waals surface area contributed by atoms with Crippen molar-refractivity contribution in [2.24, 2.45) is 11.8 Å². The highest BCUT2D eigenvalue weighted by Crippen LogP contribution is 2.60. The SMILES string of the molecule is CC.CCC1=C[C@@H]2CN(C1)Cc1c([nH]c3ccccc13)[C@](C)(C(=O)OC)C2.COC=O.COc1ccc2c(c1)N(C)C1C(O)C(OC(C)=O)C3C=CCN4CCC21[C@H]34. The number of anilines is 1. The van der Waals surface area contributed by atoms with E-state index in [1.165, 1.54) is 43.2 Å². The van der Waals surface area contributed by atoms with Crippen LogP contribution in [0.15, 0.2) is 66.3 Å². The molecule has 12 heteroatoms. The van der Waals surface area contributed by atoms with Crippen LogP contribution in [0.25, 0.3) is 10.9 Å². The van der Waals surface area contributed by atoms with E-state index in [9.17, 15) is 14.7 Å². The molecule has 6 aliphatic rings. The summed E-state index contributed by atoms with van der Waals surface area (Å²) >= 11 is 0. The summed E-state index contributed by atoms with van der Waals surface area (Å²) in [5, 5.41) is 12.6. The predicted molar refractivity (Wildman–Crippen MR) is 225 cm³/mol. The van der Waals surface area contributed by atoms with E-state index in [4.69, 9.17) is 19.0 Å². The fourth-order valence-electron chi connectivity index (χ4n) is 11.0. The molecule has 3 aromatic rings. The van der Waals surface area contributed by atoms with Gasteiger partial charge in [0.15, 0.2) is 0 Å². The van der Waals surface area contributed by atoms with Crippen LogP contribution in [0.3, 0.4) is 0 Å². The van der Waals surface area contributed by atoms with Crippen LogP contribution in [0.1, 0.15) is 70.7 Å². The van der Waals surface area contributed by atoms with Gasteiger partial charge in [-0.15, -0.1) is 0 Å². The fourth-order valence-corrected chi connectivity index (χ4v) is 11.0. The molecule has 0 radical (unpaired) electrons. The van der Waals surface area contributed by atoms with Crippen LogP contribution in [0.2, 0.25) is 0 Å². The molecule has 2 bridgehead atoms. The molecule has 6 heterocycles. The predicted octanol–water partition coefficient (Wildman–Crippen LogP) is 5.90. The van der Waals surface area contributed by atoms with E-state index >= 15 is 0 Å². The second-order valence-corrected chi connectivity index (χ2v) is 16.2. The van der Waals surface area contributed by atoms with Crippen molar-refractivity contribution in [3.8, 4) is 5.75 Å². The monoisotopic (exact) mass is 798 g/mol. The lowest BCUT2D eigenvalue weighted by Crippen LogP contribution is -2.69. The third kappa shape index (κ3) is 7.32. The van der Waals surface area contributed by atoms with Crippen LogP contribution in [0, 0.1) is 11.8 Å².